The average molecular weight is 485 g/mol. The van der Waals surface area contributed by atoms with Crippen molar-refractivity contribution in [1.29, 1.82) is 0 Å². The van der Waals surface area contributed by atoms with Gasteiger partial charge >= 0.3 is 6.18 Å². The number of aromatic nitrogens is 6. The highest BCUT2D eigenvalue weighted by atomic mass is 19.4. The van der Waals surface area contributed by atoms with E-state index in [4.69, 9.17) is 0 Å². The van der Waals surface area contributed by atoms with Crippen LogP contribution in [0.2, 0.25) is 0 Å². The van der Waals surface area contributed by atoms with E-state index >= 15 is 0 Å². The van der Waals surface area contributed by atoms with Crippen molar-refractivity contribution in [3.8, 4) is 11.4 Å². The minimum absolute atomic E-state index is 0.122. The number of halogens is 3. The number of nitrogens with zero attached hydrogens (tertiary/aromatic N) is 5. The largest absolute Gasteiger partial charge is 0.435 e. The molecule has 4 aromatic rings. The van der Waals surface area contributed by atoms with Gasteiger partial charge in [0, 0.05) is 24.3 Å². The molecule has 1 fully saturated rings. The number of nitrogens with one attached hydrogen (secondary N) is 2. The smallest absolute Gasteiger partial charge is 0.322 e. The molecule has 1 aromatic carbocycles. The van der Waals surface area contributed by atoms with Crippen molar-refractivity contribution in [1.82, 2.24) is 29.5 Å². The summed E-state index contributed by atoms with van der Waals surface area (Å²) in [5, 5.41) is 14.0. The van der Waals surface area contributed by atoms with Crippen molar-refractivity contribution < 1.29 is 18.0 Å². The van der Waals surface area contributed by atoms with Crippen molar-refractivity contribution in [2.24, 2.45) is 7.05 Å². The van der Waals surface area contributed by atoms with Crippen LogP contribution in [0, 0.1) is 0 Å². The number of fused-ring (bicyclic) bond motifs is 1. The molecule has 0 radical (unpaired) electrons. The summed E-state index contributed by atoms with van der Waals surface area (Å²) in [6.45, 7) is 0. The van der Waals surface area contributed by atoms with Gasteiger partial charge in [-0.05, 0) is 31.0 Å². The van der Waals surface area contributed by atoms with Gasteiger partial charge in [-0.15, -0.1) is 10.2 Å². The van der Waals surface area contributed by atoms with Crippen molar-refractivity contribution >= 4 is 22.6 Å². The first-order valence-electron chi connectivity index (χ1n) is 11.2. The molecule has 0 spiro atoms. The fraction of sp³-hybridized carbons (Fsp3) is 0.348. The van der Waals surface area contributed by atoms with Gasteiger partial charge in [-0.2, -0.15) is 18.3 Å². The Morgan fingerprint density at radius 1 is 1.17 bits per heavy atom. The van der Waals surface area contributed by atoms with Crippen LogP contribution >= 0.6 is 0 Å². The summed E-state index contributed by atoms with van der Waals surface area (Å²) in [5.41, 5.74) is -1.48. The highest BCUT2D eigenvalue weighted by molar-refractivity contribution is 6.06. The van der Waals surface area contributed by atoms with E-state index in [0.717, 1.165) is 42.0 Å². The van der Waals surface area contributed by atoms with Gasteiger partial charge in [0.2, 0.25) is 0 Å². The van der Waals surface area contributed by atoms with Crippen molar-refractivity contribution in [2.45, 2.75) is 44.3 Å². The van der Waals surface area contributed by atoms with Gasteiger partial charge in [0.25, 0.3) is 11.5 Å². The number of hydrogen-bond acceptors (Lipinski definition) is 5. The predicted molar refractivity (Wildman–Crippen MR) is 122 cm³/mol. The maximum absolute atomic E-state index is 13.4. The molecule has 0 bridgehead atoms. The molecule has 3 aromatic heterocycles. The van der Waals surface area contributed by atoms with Crippen molar-refractivity contribution in [2.75, 3.05) is 5.32 Å². The fourth-order valence-electron chi connectivity index (χ4n) is 4.60. The van der Waals surface area contributed by atoms with Gasteiger partial charge in [0.1, 0.15) is 17.5 Å². The van der Waals surface area contributed by atoms with Gasteiger partial charge in [0.15, 0.2) is 11.5 Å². The number of amides is 1. The number of anilines is 1. The minimum atomic E-state index is -4.74. The quantitative estimate of drug-likeness (QED) is 0.448. The molecule has 3 heterocycles. The maximum atomic E-state index is 13.4. The number of aryl methyl sites for hydroxylation is 1. The lowest BCUT2D eigenvalue weighted by Crippen LogP contribution is -2.23. The van der Waals surface area contributed by atoms with Crippen molar-refractivity contribution in [3.05, 3.63) is 58.3 Å². The van der Waals surface area contributed by atoms with Gasteiger partial charge in [-0.25, -0.2) is 0 Å². The number of benzene rings is 1. The summed E-state index contributed by atoms with van der Waals surface area (Å²) >= 11 is 0. The molecular formula is C23H22F3N7O2. The number of pyridine rings is 1. The second kappa shape index (κ2) is 8.67. The Bertz CT molecular complexity index is 1460. The molecule has 0 saturated heterocycles. The Labute approximate surface area is 197 Å². The lowest BCUT2D eigenvalue weighted by molar-refractivity contribution is -0.140. The van der Waals surface area contributed by atoms with E-state index in [1.54, 1.807) is 24.5 Å². The van der Waals surface area contributed by atoms with E-state index in [1.807, 2.05) is 10.6 Å². The van der Waals surface area contributed by atoms with E-state index in [0.29, 0.717) is 17.6 Å². The molecule has 1 aliphatic rings. The number of alkyl halides is 3. The molecule has 5 rings (SSSR count). The minimum Gasteiger partial charge on any atom is -0.322 e. The fourth-order valence-corrected chi connectivity index (χ4v) is 4.60. The average Bonchev–Trinajstić information content (AvgIpc) is 3.44. The molecule has 1 amide bonds. The number of hydrogen-bond donors (Lipinski definition) is 2. The first-order valence-corrected chi connectivity index (χ1v) is 11.2. The summed E-state index contributed by atoms with van der Waals surface area (Å²) in [6, 6.07) is 8.10. The zero-order valence-electron chi connectivity index (χ0n) is 18.8. The summed E-state index contributed by atoms with van der Waals surface area (Å²) in [5.74, 6) is -0.173. The zero-order valence-corrected chi connectivity index (χ0v) is 18.8. The van der Waals surface area contributed by atoms with Crippen LogP contribution in [0.25, 0.3) is 22.4 Å². The van der Waals surface area contributed by atoms with Crippen LogP contribution in [0.3, 0.4) is 0 Å². The van der Waals surface area contributed by atoms with Gasteiger partial charge < -0.3 is 14.9 Å². The van der Waals surface area contributed by atoms with E-state index in [-0.39, 0.29) is 11.0 Å². The first-order chi connectivity index (χ1) is 16.7. The van der Waals surface area contributed by atoms with Crippen LogP contribution in [0.4, 0.5) is 18.9 Å². The number of H-pyrrole nitrogens is 1. The van der Waals surface area contributed by atoms with Gasteiger partial charge in [0.05, 0.1) is 5.39 Å². The normalized spacial score (nSPS) is 15.0. The number of carbonyl (C=O) groups excluding carboxylic acids is 1. The lowest BCUT2D eigenvalue weighted by Gasteiger charge is -2.24. The van der Waals surface area contributed by atoms with Crippen LogP contribution in [0.1, 0.15) is 54.2 Å². The Morgan fingerprint density at radius 3 is 2.69 bits per heavy atom. The summed E-state index contributed by atoms with van der Waals surface area (Å²) < 4.78 is 43.1. The lowest BCUT2D eigenvalue weighted by atomic mass is 9.95. The monoisotopic (exact) mass is 485 g/mol. The van der Waals surface area contributed by atoms with Gasteiger partial charge in [-0.3, -0.25) is 14.3 Å². The third kappa shape index (κ3) is 4.31. The predicted octanol–water partition coefficient (Wildman–Crippen LogP) is 4.30. The van der Waals surface area contributed by atoms with E-state index in [9.17, 15) is 22.8 Å². The second-order valence-electron chi connectivity index (χ2n) is 8.63. The first kappa shape index (κ1) is 22.8. The molecule has 2 N–H and O–H groups in total. The summed E-state index contributed by atoms with van der Waals surface area (Å²) in [4.78, 5) is 27.7. The van der Waals surface area contributed by atoms with Crippen LogP contribution in [-0.2, 0) is 13.2 Å². The topological polar surface area (TPSA) is 110 Å². The van der Waals surface area contributed by atoms with Gasteiger partial charge in [-0.1, -0.05) is 31.4 Å². The Kier molecular flexibility index (Phi) is 5.65. The molecule has 35 heavy (non-hydrogen) atoms. The summed E-state index contributed by atoms with van der Waals surface area (Å²) in [6.07, 6.45) is 2.55. The van der Waals surface area contributed by atoms with Crippen LogP contribution < -0.4 is 10.9 Å². The number of rotatable bonds is 4. The molecule has 12 heteroatoms. The second-order valence-corrected chi connectivity index (χ2v) is 8.63. The molecule has 182 valence electrons. The van der Waals surface area contributed by atoms with E-state index in [1.165, 1.54) is 13.5 Å². The Balaban J connectivity index is 1.45. The van der Waals surface area contributed by atoms with Crippen LogP contribution in [0.15, 0.2) is 41.5 Å². The van der Waals surface area contributed by atoms with Crippen molar-refractivity contribution in [3.63, 3.8) is 0 Å². The highest BCUT2D eigenvalue weighted by Gasteiger charge is 2.37. The van der Waals surface area contributed by atoms with Crippen LogP contribution in [-0.4, -0.2) is 35.4 Å². The molecule has 0 aliphatic heterocycles. The molecule has 1 aliphatic carbocycles. The third-order valence-electron chi connectivity index (χ3n) is 6.28. The molecule has 0 unspecified atom stereocenters. The molecule has 9 nitrogen and oxygen atoms in total. The number of aromatic amines is 1. The highest BCUT2D eigenvalue weighted by Crippen LogP contribution is 2.34. The molecule has 0 atom stereocenters. The van der Waals surface area contributed by atoms with Crippen LogP contribution in [0.5, 0.6) is 0 Å². The maximum Gasteiger partial charge on any atom is 0.435 e. The molecule has 1 saturated carbocycles. The molecular weight excluding hydrogens is 463 g/mol. The Morgan fingerprint density at radius 2 is 1.94 bits per heavy atom. The zero-order chi connectivity index (χ0) is 24.7. The number of carbonyl (C=O) groups is 1. The Hall–Kier alpha value is -3.96. The van der Waals surface area contributed by atoms with E-state index < -0.39 is 28.9 Å². The summed E-state index contributed by atoms with van der Waals surface area (Å²) in [7, 11) is 1.28. The standard InChI is InChI=1S/C23H22F3N7O2/c1-32-20-16(18(31-32)23(24,25)26)11-17(22(35)29-20)21(34)28-14-7-5-6-13(10-14)19-30-27-12-33(19)15-8-3-2-4-9-15/h5-7,10-12,15H,2-4,8-9H2,1H3,(H,28,34)(H,29,35). The third-order valence-corrected chi connectivity index (χ3v) is 6.28. The van der Waals surface area contributed by atoms with E-state index in [2.05, 4.69) is 25.6 Å². The SMILES string of the molecule is Cn1nc(C(F)(F)F)c2cc(C(=O)Nc3cccc(-c4nncn4C4CCCCC4)c3)c(=O)[nH]c21.